The molecule has 18 heavy (non-hydrogen) atoms. The second-order valence-electron chi connectivity index (χ2n) is 3.88. The largest absolute Gasteiger partial charge is 0.428 e. The lowest BCUT2D eigenvalue weighted by Gasteiger charge is -1.97. The molecule has 0 amide bonds. The monoisotopic (exact) mass is 258 g/mol. The fourth-order valence-corrected chi connectivity index (χ4v) is 2.63. The first kappa shape index (κ1) is 11.1. The SMILES string of the molecule is Cc1cc(Sc2nc3ccccc3[nH]2)cc(=O)o1. The Labute approximate surface area is 107 Å². The summed E-state index contributed by atoms with van der Waals surface area (Å²) in [5.74, 6) is 0.598. The Kier molecular flexibility index (Phi) is 2.68. The van der Waals surface area contributed by atoms with Crippen molar-refractivity contribution in [3.05, 3.63) is 52.6 Å². The van der Waals surface area contributed by atoms with E-state index in [0.717, 1.165) is 21.1 Å². The van der Waals surface area contributed by atoms with Crippen LogP contribution in [0.15, 0.2) is 55.7 Å². The summed E-state index contributed by atoms with van der Waals surface area (Å²) in [7, 11) is 0. The Morgan fingerprint density at radius 3 is 2.89 bits per heavy atom. The van der Waals surface area contributed by atoms with E-state index >= 15 is 0 Å². The van der Waals surface area contributed by atoms with Gasteiger partial charge in [-0.15, -0.1) is 0 Å². The van der Waals surface area contributed by atoms with Crippen LogP contribution >= 0.6 is 11.8 Å². The van der Waals surface area contributed by atoms with Gasteiger partial charge in [-0.05, 0) is 25.1 Å². The molecule has 2 aromatic heterocycles. The minimum atomic E-state index is -0.339. The number of benzene rings is 1. The van der Waals surface area contributed by atoms with Crippen molar-refractivity contribution < 1.29 is 4.42 Å². The number of nitrogens with one attached hydrogen (secondary N) is 1. The highest BCUT2D eigenvalue weighted by molar-refractivity contribution is 7.99. The topological polar surface area (TPSA) is 58.9 Å². The number of hydrogen-bond donors (Lipinski definition) is 1. The summed E-state index contributed by atoms with van der Waals surface area (Å²) in [5, 5.41) is 0.765. The summed E-state index contributed by atoms with van der Waals surface area (Å²) in [6.07, 6.45) is 0. The first-order valence-electron chi connectivity index (χ1n) is 5.45. The molecule has 2 heterocycles. The van der Waals surface area contributed by atoms with Crippen molar-refractivity contribution in [3.63, 3.8) is 0 Å². The predicted octanol–water partition coefficient (Wildman–Crippen LogP) is 2.98. The molecule has 0 aliphatic carbocycles. The van der Waals surface area contributed by atoms with E-state index in [9.17, 15) is 4.79 Å². The fourth-order valence-electron chi connectivity index (χ4n) is 1.72. The molecule has 4 nitrogen and oxygen atoms in total. The molecule has 5 heteroatoms. The first-order chi connectivity index (χ1) is 8.70. The van der Waals surface area contributed by atoms with Gasteiger partial charge in [-0.3, -0.25) is 0 Å². The Morgan fingerprint density at radius 1 is 1.28 bits per heavy atom. The molecule has 1 N–H and O–H groups in total. The highest BCUT2D eigenvalue weighted by atomic mass is 32.2. The van der Waals surface area contributed by atoms with Crippen LogP contribution in [0.1, 0.15) is 5.76 Å². The van der Waals surface area contributed by atoms with Gasteiger partial charge in [0.15, 0.2) is 5.16 Å². The van der Waals surface area contributed by atoms with E-state index < -0.39 is 0 Å². The number of aromatic nitrogens is 2. The van der Waals surface area contributed by atoms with E-state index in [2.05, 4.69) is 9.97 Å². The average molecular weight is 258 g/mol. The number of fused-ring (bicyclic) bond motifs is 1. The molecule has 90 valence electrons. The minimum Gasteiger partial charge on any atom is -0.428 e. The molecule has 0 atom stereocenters. The van der Waals surface area contributed by atoms with Crippen molar-refractivity contribution in [2.45, 2.75) is 17.0 Å². The lowest BCUT2D eigenvalue weighted by Crippen LogP contribution is -1.97. The van der Waals surface area contributed by atoms with E-state index in [4.69, 9.17) is 4.42 Å². The van der Waals surface area contributed by atoms with Crippen LogP contribution in [-0.4, -0.2) is 9.97 Å². The number of imidazole rings is 1. The number of aromatic amines is 1. The van der Waals surface area contributed by atoms with Gasteiger partial charge in [0.2, 0.25) is 0 Å². The summed E-state index contributed by atoms with van der Waals surface area (Å²) in [4.78, 5) is 19.7. The van der Waals surface area contributed by atoms with Crippen LogP contribution in [-0.2, 0) is 0 Å². The quantitative estimate of drug-likeness (QED) is 0.767. The van der Waals surface area contributed by atoms with Gasteiger partial charge in [0.1, 0.15) is 5.76 Å². The summed E-state index contributed by atoms with van der Waals surface area (Å²) >= 11 is 1.41. The molecule has 0 aliphatic heterocycles. The Morgan fingerprint density at radius 2 is 2.11 bits per heavy atom. The predicted molar refractivity (Wildman–Crippen MR) is 69.9 cm³/mol. The zero-order valence-corrected chi connectivity index (χ0v) is 10.5. The van der Waals surface area contributed by atoms with Crippen LogP contribution < -0.4 is 5.63 Å². The number of hydrogen-bond acceptors (Lipinski definition) is 4. The molecule has 1 aromatic carbocycles. The molecule has 0 saturated heterocycles. The molecule has 0 radical (unpaired) electrons. The maximum absolute atomic E-state index is 11.3. The van der Waals surface area contributed by atoms with Crippen molar-refractivity contribution in [2.75, 3.05) is 0 Å². The summed E-state index contributed by atoms with van der Waals surface area (Å²) in [5.41, 5.74) is 1.56. The maximum atomic E-state index is 11.3. The fraction of sp³-hybridized carbons (Fsp3) is 0.0769. The van der Waals surface area contributed by atoms with Crippen LogP contribution in [0.2, 0.25) is 0 Å². The van der Waals surface area contributed by atoms with Gasteiger partial charge in [-0.2, -0.15) is 0 Å². The highest BCUT2D eigenvalue weighted by Crippen LogP contribution is 2.26. The third-order valence-corrected chi connectivity index (χ3v) is 3.31. The number of H-pyrrole nitrogens is 1. The number of aryl methyl sites for hydroxylation is 1. The third kappa shape index (κ3) is 2.17. The van der Waals surface area contributed by atoms with E-state index in [1.807, 2.05) is 30.3 Å². The van der Waals surface area contributed by atoms with Crippen LogP contribution in [0, 0.1) is 6.92 Å². The second kappa shape index (κ2) is 4.34. The van der Waals surface area contributed by atoms with Crippen molar-refractivity contribution >= 4 is 22.8 Å². The van der Waals surface area contributed by atoms with Crippen molar-refractivity contribution in [2.24, 2.45) is 0 Å². The summed E-state index contributed by atoms with van der Waals surface area (Å²) in [6, 6.07) is 11.1. The minimum absolute atomic E-state index is 0.339. The zero-order chi connectivity index (χ0) is 12.5. The van der Waals surface area contributed by atoms with E-state index in [-0.39, 0.29) is 5.63 Å². The van der Waals surface area contributed by atoms with Crippen LogP contribution in [0.5, 0.6) is 0 Å². The standard InChI is InChI=1S/C13H10N2O2S/c1-8-6-9(7-12(16)17-8)18-13-14-10-4-2-3-5-11(10)15-13/h2-7H,1H3,(H,14,15). The molecule has 0 spiro atoms. The Bertz CT molecular complexity index is 728. The van der Waals surface area contributed by atoms with Gasteiger partial charge >= 0.3 is 5.63 Å². The van der Waals surface area contributed by atoms with Crippen molar-refractivity contribution in [3.8, 4) is 0 Å². The third-order valence-electron chi connectivity index (χ3n) is 2.45. The number of para-hydroxylation sites is 2. The molecule has 0 aliphatic rings. The van der Waals surface area contributed by atoms with Gasteiger partial charge in [-0.1, -0.05) is 23.9 Å². The Hall–Kier alpha value is -2.01. The second-order valence-corrected chi connectivity index (χ2v) is 4.95. The van der Waals surface area contributed by atoms with E-state index in [1.54, 1.807) is 6.92 Å². The van der Waals surface area contributed by atoms with Crippen LogP contribution in [0.4, 0.5) is 0 Å². The molecule has 0 fully saturated rings. The van der Waals surface area contributed by atoms with E-state index in [0.29, 0.717) is 5.76 Å². The molecule has 3 rings (SSSR count). The molecular weight excluding hydrogens is 248 g/mol. The van der Waals surface area contributed by atoms with Gasteiger partial charge in [0.25, 0.3) is 0 Å². The van der Waals surface area contributed by atoms with Gasteiger partial charge in [0, 0.05) is 11.0 Å². The van der Waals surface area contributed by atoms with Gasteiger partial charge in [0.05, 0.1) is 11.0 Å². The molecule has 0 unspecified atom stereocenters. The van der Waals surface area contributed by atoms with Gasteiger partial charge < -0.3 is 9.40 Å². The maximum Gasteiger partial charge on any atom is 0.336 e. The van der Waals surface area contributed by atoms with Crippen molar-refractivity contribution in [1.29, 1.82) is 0 Å². The molecule has 0 bridgehead atoms. The lowest BCUT2D eigenvalue weighted by molar-refractivity contribution is 0.475. The molecule has 3 aromatic rings. The zero-order valence-electron chi connectivity index (χ0n) is 9.64. The lowest BCUT2D eigenvalue weighted by atomic mass is 10.3. The van der Waals surface area contributed by atoms with Crippen molar-refractivity contribution in [1.82, 2.24) is 9.97 Å². The normalized spacial score (nSPS) is 10.9. The van der Waals surface area contributed by atoms with Gasteiger partial charge in [-0.25, -0.2) is 9.78 Å². The van der Waals surface area contributed by atoms with E-state index in [1.165, 1.54) is 17.8 Å². The number of nitrogens with zero attached hydrogens (tertiary/aromatic N) is 1. The Balaban J connectivity index is 1.98. The summed E-state index contributed by atoms with van der Waals surface area (Å²) in [6.45, 7) is 1.75. The average Bonchev–Trinajstić information content (AvgIpc) is 2.69. The first-order valence-corrected chi connectivity index (χ1v) is 6.27. The molecule has 0 saturated carbocycles. The number of rotatable bonds is 2. The summed E-state index contributed by atoms with van der Waals surface area (Å²) < 4.78 is 4.91. The highest BCUT2D eigenvalue weighted by Gasteiger charge is 2.05. The van der Waals surface area contributed by atoms with Crippen LogP contribution in [0.25, 0.3) is 11.0 Å². The molecular formula is C13H10N2O2S. The smallest absolute Gasteiger partial charge is 0.336 e. The van der Waals surface area contributed by atoms with Crippen LogP contribution in [0.3, 0.4) is 0 Å².